The number of likely N-dealkylation sites (tertiary alicyclic amines) is 1. The third-order valence-corrected chi connectivity index (χ3v) is 12.2. The largest absolute Gasteiger partial charge is 0.477 e. The van der Waals surface area contributed by atoms with E-state index in [1.165, 1.54) is 18.3 Å². The van der Waals surface area contributed by atoms with Crippen molar-refractivity contribution in [2.24, 2.45) is 18.9 Å². The summed E-state index contributed by atoms with van der Waals surface area (Å²) in [6.45, 7) is 8.63. The number of H-pyrrole nitrogens is 1. The molecule has 0 bridgehead atoms. The maximum atomic E-state index is 15.5. The molecule has 4 N–H and O–H groups in total. The molecule has 0 unspecified atom stereocenters. The van der Waals surface area contributed by atoms with Gasteiger partial charge in [0.1, 0.15) is 12.4 Å². The number of nitrogens with zero attached hydrogens (tertiary/aromatic N) is 6. The third kappa shape index (κ3) is 8.79. The number of aliphatic carboxylic acids is 1. The molecule has 0 atom stereocenters. The minimum absolute atomic E-state index is 0.0724. The van der Waals surface area contributed by atoms with Crippen molar-refractivity contribution >= 4 is 41.0 Å². The van der Waals surface area contributed by atoms with E-state index >= 15 is 4.39 Å². The van der Waals surface area contributed by atoms with Gasteiger partial charge >= 0.3 is 5.97 Å². The van der Waals surface area contributed by atoms with Crippen LogP contribution in [-0.4, -0.2) is 137 Å². The van der Waals surface area contributed by atoms with Gasteiger partial charge in [-0.3, -0.25) is 14.4 Å². The van der Waals surface area contributed by atoms with Crippen molar-refractivity contribution in [2.45, 2.75) is 26.3 Å². The van der Waals surface area contributed by atoms with Crippen molar-refractivity contribution in [1.29, 1.82) is 0 Å². The van der Waals surface area contributed by atoms with E-state index in [0.717, 1.165) is 30.9 Å². The lowest BCUT2D eigenvalue weighted by Gasteiger charge is -2.46. The fraction of sp³-hybridized carbons (Fsp3) is 0.463. The Bertz CT molecular complexity index is 2190. The number of amides is 3. The summed E-state index contributed by atoms with van der Waals surface area (Å²) in [7, 11) is 3.30. The number of hydrogen-bond donors (Lipinski definition) is 4. The number of aromatic amines is 1. The van der Waals surface area contributed by atoms with Crippen molar-refractivity contribution in [1.82, 2.24) is 29.8 Å². The Morgan fingerprint density at radius 3 is 2.41 bits per heavy atom. The number of halogens is 2. The average Bonchev–Trinajstić information content (AvgIpc) is 3.76. The molecule has 3 aliphatic rings. The summed E-state index contributed by atoms with van der Waals surface area (Å²) in [5.41, 5.74) is 3.76. The molecule has 0 aliphatic carbocycles. The van der Waals surface area contributed by atoms with E-state index in [1.54, 1.807) is 47.9 Å². The minimum atomic E-state index is -0.801. The molecule has 0 saturated carbocycles. The van der Waals surface area contributed by atoms with Gasteiger partial charge in [-0.15, -0.1) is 4.68 Å². The van der Waals surface area contributed by atoms with Crippen LogP contribution < -0.4 is 15.3 Å². The van der Waals surface area contributed by atoms with Crippen molar-refractivity contribution in [3.8, 4) is 22.4 Å². The third-order valence-electron chi connectivity index (χ3n) is 11.9. The molecule has 0 radical (unpaired) electrons. The van der Waals surface area contributed by atoms with E-state index in [-0.39, 0.29) is 40.7 Å². The van der Waals surface area contributed by atoms with Crippen molar-refractivity contribution in [3.63, 3.8) is 0 Å². The van der Waals surface area contributed by atoms with Gasteiger partial charge in [0, 0.05) is 94.9 Å². The minimum Gasteiger partial charge on any atom is -0.477 e. The first-order valence-corrected chi connectivity index (χ1v) is 20.1. The molecule has 3 aliphatic heterocycles. The predicted octanol–water partition coefficient (Wildman–Crippen LogP) is 3.18. The monoisotopic (exact) mass is 819 g/mol. The Morgan fingerprint density at radius 1 is 1.05 bits per heavy atom. The first-order chi connectivity index (χ1) is 27.8. The molecule has 5 heterocycles. The summed E-state index contributed by atoms with van der Waals surface area (Å²) in [5.74, 6) is -1.49. The lowest BCUT2D eigenvalue weighted by molar-refractivity contribution is -0.929. The number of carbonyl (C=O) groups is 4. The number of hydrogen-bond acceptors (Lipinski definition) is 7. The highest BCUT2D eigenvalue weighted by molar-refractivity contribution is 6.34. The van der Waals surface area contributed by atoms with Crippen LogP contribution in [-0.2, 0) is 27.9 Å². The highest BCUT2D eigenvalue weighted by Crippen LogP contribution is 2.31. The lowest BCUT2D eigenvalue weighted by atomic mass is 9.90. The van der Waals surface area contributed by atoms with Crippen molar-refractivity contribution < 1.29 is 42.6 Å². The Balaban J connectivity index is 0.925. The first kappa shape index (κ1) is 41.0. The number of quaternary nitrogens is 1. The van der Waals surface area contributed by atoms with E-state index in [4.69, 9.17) is 16.3 Å². The van der Waals surface area contributed by atoms with Crippen LogP contribution in [0.25, 0.3) is 22.4 Å². The summed E-state index contributed by atoms with van der Waals surface area (Å²) in [4.78, 5) is 59.9. The van der Waals surface area contributed by atoms with E-state index in [2.05, 4.69) is 20.7 Å². The smallest absolute Gasteiger partial charge is 0.359 e. The van der Waals surface area contributed by atoms with Gasteiger partial charge < -0.3 is 39.3 Å². The molecule has 3 amide bonds. The summed E-state index contributed by atoms with van der Waals surface area (Å²) in [6, 6.07) is 9.61. The Hall–Kier alpha value is -5.16. The van der Waals surface area contributed by atoms with Crippen LogP contribution in [0.15, 0.2) is 48.8 Å². The number of methoxy groups -OCH3 is 1. The highest BCUT2D eigenvalue weighted by atomic mass is 35.5. The van der Waals surface area contributed by atoms with Crippen LogP contribution in [0.4, 0.5) is 10.1 Å². The van der Waals surface area contributed by atoms with Gasteiger partial charge in [0.05, 0.1) is 53.4 Å². The number of carboxylic acid groups (broad SMARTS) is 1. The topological polar surface area (TPSA) is 166 Å². The van der Waals surface area contributed by atoms with E-state index < -0.39 is 17.7 Å². The first-order valence-electron chi connectivity index (χ1n) is 19.7. The van der Waals surface area contributed by atoms with Crippen LogP contribution >= 0.6 is 11.6 Å². The zero-order chi connectivity index (χ0) is 41.1. The number of aromatic nitrogens is 4. The number of rotatable bonds is 13. The van der Waals surface area contributed by atoms with E-state index in [9.17, 15) is 24.3 Å². The Kier molecular flexibility index (Phi) is 12.3. The van der Waals surface area contributed by atoms with Crippen molar-refractivity contribution in [2.75, 3.05) is 84.5 Å². The number of carbonyl (C=O) groups excluding carboxylic acids is 3. The molecular weight excluding hydrogens is 769 g/mol. The molecular formula is C41H51ClFN9O6+2. The summed E-state index contributed by atoms with van der Waals surface area (Å²) in [5, 5.41) is 19.0. The fourth-order valence-electron chi connectivity index (χ4n) is 8.52. The number of aryl methyl sites for hydroxylation is 1. The number of benzene rings is 2. The second-order valence-corrected chi connectivity index (χ2v) is 16.2. The van der Waals surface area contributed by atoms with Crippen LogP contribution in [0.2, 0.25) is 5.02 Å². The molecule has 17 heteroatoms. The number of anilines is 1. The normalized spacial score (nSPS) is 19.8. The van der Waals surface area contributed by atoms with E-state index in [0.29, 0.717) is 98.2 Å². The Labute approximate surface area is 341 Å². The van der Waals surface area contributed by atoms with Crippen molar-refractivity contribution in [3.05, 3.63) is 76.7 Å². The second-order valence-electron chi connectivity index (χ2n) is 15.8. The molecule has 3 saturated heterocycles. The second kappa shape index (κ2) is 17.4. The molecule has 4 aromatic rings. The maximum Gasteiger partial charge on any atom is 0.359 e. The summed E-state index contributed by atoms with van der Waals surface area (Å²) >= 11 is 6.60. The van der Waals surface area contributed by atoms with Gasteiger partial charge in [0.15, 0.2) is 18.9 Å². The number of nitrogens with one attached hydrogen (secondary N) is 3. The average molecular weight is 820 g/mol. The molecule has 2 aromatic heterocycles. The van der Waals surface area contributed by atoms with Crippen LogP contribution in [0.1, 0.15) is 39.5 Å². The SMILES string of the molecule is COCC[n+]1cc(-c2ccc(-c3cnc(C(=O)Nc4ccc(C(=O)N5CCN(C(=O)C6CC[N+](CC(=O)O)(CC7CNC7)CC6)CC5)c(Cl)c4)n3C)cc2F)c(C)[nH]1. The molecule has 308 valence electrons. The number of piperazine rings is 1. The molecule has 3 fully saturated rings. The Morgan fingerprint density at radius 2 is 1.78 bits per heavy atom. The van der Waals surface area contributed by atoms with Crippen LogP contribution in [0, 0.1) is 24.6 Å². The quantitative estimate of drug-likeness (QED) is 0.118. The van der Waals surface area contributed by atoms with Gasteiger partial charge in [-0.2, -0.15) is 5.10 Å². The van der Waals surface area contributed by atoms with Gasteiger partial charge in [-0.05, 0) is 31.2 Å². The highest BCUT2D eigenvalue weighted by Gasteiger charge is 2.42. The maximum absolute atomic E-state index is 15.5. The molecule has 15 nitrogen and oxygen atoms in total. The standard InChI is InChI=1S/C41H49ClFN9O6/c1-26-33(23-51(47-26)14-17-58-3)31-6-4-29(18-35(31)43)36-22-45-38(48(36)2)39(55)46-30-5-7-32(34(42)19-30)41(57)50-12-10-49(11-13-50)40(56)28-8-15-52(16-9-28,25-37(53)54)24-27-20-44-21-27/h4-7,18-19,22-23,27-28,44H,8-17,20-21,24-25H2,1-3H3,(H-,46,53,54,55,57)/p+2. The fourth-order valence-corrected chi connectivity index (χ4v) is 8.78. The lowest BCUT2D eigenvalue weighted by Crippen LogP contribution is -2.62. The number of ether oxygens (including phenoxy) is 1. The molecule has 0 spiro atoms. The van der Waals surface area contributed by atoms with Gasteiger partial charge in [-0.1, -0.05) is 23.7 Å². The summed E-state index contributed by atoms with van der Waals surface area (Å²) in [6.07, 6.45) is 4.68. The summed E-state index contributed by atoms with van der Waals surface area (Å²) < 4.78 is 24.6. The zero-order valence-electron chi connectivity index (χ0n) is 33.1. The van der Waals surface area contributed by atoms with Gasteiger partial charge in [0.2, 0.25) is 12.1 Å². The predicted molar refractivity (Wildman–Crippen MR) is 214 cm³/mol. The van der Waals surface area contributed by atoms with Crippen LogP contribution in [0.3, 0.4) is 0 Å². The number of carboxylic acids is 1. The molecule has 7 rings (SSSR count). The number of piperidine rings is 1. The molecule has 2 aromatic carbocycles. The van der Waals surface area contributed by atoms with Gasteiger partial charge in [0.25, 0.3) is 11.8 Å². The van der Waals surface area contributed by atoms with Crippen LogP contribution in [0.5, 0.6) is 0 Å². The van der Waals surface area contributed by atoms with E-state index in [1.807, 2.05) is 22.7 Å². The van der Waals surface area contributed by atoms with Gasteiger partial charge in [-0.25, -0.2) is 14.2 Å². The zero-order valence-corrected chi connectivity index (χ0v) is 33.9. The molecule has 58 heavy (non-hydrogen) atoms. The number of imidazole rings is 1.